The number of carbonyl (C=O) groups is 2. The fourth-order valence-electron chi connectivity index (χ4n) is 1.59. The molecular formula is C12H12ClNO3S. The lowest BCUT2D eigenvalue weighted by atomic mass is 10.2. The smallest absolute Gasteiger partial charge is 0.326 e. The van der Waals surface area contributed by atoms with Gasteiger partial charge in [-0.2, -0.15) is 0 Å². The monoisotopic (exact) mass is 285 g/mol. The fourth-order valence-corrected chi connectivity index (χ4v) is 2.55. The molecule has 1 unspecified atom stereocenters. The van der Waals surface area contributed by atoms with Gasteiger partial charge in [0.1, 0.15) is 6.04 Å². The van der Waals surface area contributed by atoms with Gasteiger partial charge in [0.25, 0.3) is 0 Å². The molecule has 0 aliphatic heterocycles. The largest absolute Gasteiger partial charge is 0.480 e. The van der Waals surface area contributed by atoms with Gasteiger partial charge in [-0.1, -0.05) is 11.6 Å². The summed E-state index contributed by atoms with van der Waals surface area (Å²) in [6.07, 6.45) is 4.68. The predicted molar refractivity (Wildman–Crippen MR) is 70.7 cm³/mol. The van der Waals surface area contributed by atoms with Crippen molar-refractivity contribution in [3.05, 3.63) is 27.4 Å². The second kappa shape index (κ2) is 5.54. The van der Waals surface area contributed by atoms with Crippen molar-refractivity contribution < 1.29 is 14.7 Å². The minimum Gasteiger partial charge on any atom is -0.480 e. The van der Waals surface area contributed by atoms with Crippen LogP contribution in [0, 0.1) is 5.92 Å². The van der Waals surface area contributed by atoms with E-state index in [9.17, 15) is 9.59 Å². The van der Waals surface area contributed by atoms with Crippen LogP contribution >= 0.6 is 22.9 Å². The minimum atomic E-state index is -0.974. The lowest BCUT2D eigenvalue weighted by Gasteiger charge is -2.11. The van der Waals surface area contributed by atoms with Crippen molar-refractivity contribution in [1.29, 1.82) is 0 Å². The summed E-state index contributed by atoms with van der Waals surface area (Å²) in [5, 5.41) is 11.5. The molecule has 4 nitrogen and oxygen atoms in total. The third-order valence-electron chi connectivity index (χ3n) is 2.65. The molecule has 18 heavy (non-hydrogen) atoms. The molecule has 2 rings (SSSR count). The number of rotatable bonds is 5. The molecule has 1 saturated carbocycles. The predicted octanol–water partition coefficient (Wildman–Crippen LogP) is 2.39. The average molecular weight is 286 g/mol. The first-order valence-electron chi connectivity index (χ1n) is 5.53. The molecule has 1 aromatic heterocycles. The molecular weight excluding hydrogens is 274 g/mol. The first kappa shape index (κ1) is 13.1. The number of carboxylic acid groups (broad SMARTS) is 1. The van der Waals surface area contributed by atoms with E-state index in [0.29, 0.717) is 4.34 Å². The standard InChI is InChI=1S/C12H12ClNO3S/c13-9-5-3-8(18-9)4-6-10(15)14-11(12(16)17)7-1-2-7/h3-7,11H,1-2H2,(H,14,15)(H,16,17)/b6-4+. The number of hydrogen-bond acceptors (Lipinski definition) is 3. The van der Waals surface area contributed by atoms with Gasteiger partial charge in [-0.15, -0.1) is 11.3 Å². The molecule has 0 aromatic carbocycles. The van der Waals surface area contributed by atoms with E-state index in [1.54, 1.807) is 18.2 Å². The molecule has 1 atom stereocenters. The van der Waals surface area contributed by atoms with Gasteiger partial charge in [-0.25, -0.2) is 4.79 Å². The highest BCUT2D eigenvalue weighted by Gasteiger charge is 2.36. The lowest BCUT2D eigenvalue weighted by Crippen LogP contribution is -2.41. The summed E-state index contributed by atoms with van der Waals surface area (Å²) in [4.78, 5) is 23.4. The van der Waals surface area contributed by atoms with Gasteiger partial charge in [-0.3, -0.25) is 4.79 Å². The van der Waals surface area contributed by atoms with Crippen LogP contribution in [0.3, 0.4) is 0 Å². The molecule has 2 N–H and O–H groups in total. The molecule has 1 aromatic rings. The Morgan fingerprint density at radius 2 is 2.22 bits per heavy atom. The Hall–Kier alpha value is -1.33. The van der Waals surface area contributed by atoms with Crippen LogP contribution in [-0.4, -0.2) is 23.0 Å². The number of carboxylic acids is 1. The van der Waals surface area contributed by atoms with Crippen molar-refractivity contribution in [2.45, 2.75) is 18.9 Å². The Morgan fingerprint density at radius 3 is 2.72 bits per heavy atom. The van der Waals surface area contributed by atoms with Gasteiger partial charge in [-0.05, 0) is 37.0 Å². The van der Waals surface area contributed by atoms with Crippen molar-refractivity contribution in [3.63, 3.8) is 0 Å². The van der Waals surface area contributed by atoms with Crippen LogP contribution in [0.25, 0.3) is 6.08 Å². The van der Waals surface area contributed by atoms with E-state index in [2.05, 4.69) is 5.32 Å². The summed E-state index contributed by atoms with van der Waals surface area (Å²) in [6.45, 7) is 0. The van der Waals surface area contributed by atoms with Crippen LogP contribution in [0.2, 0.25) is 4.34 Å². The molecule has 1 aliphatic rings. The number of carbonyl (C=O) groups excluding carboxylic acids is 1. The maximum absolute atomic E-state index is 11.6. The zero-order chi connectivity index (χ0) is 13.1. The number of amides is 1. The van der Waals surface area contributed by atoms with Gasteiger partial charge in [0.15, 0.2) is 0 Å². The van der Waals surface area contributed by atoms with Crippen LogP contribution in [0.15, 0.2) is 18.2 Å². The SMILES string of the molecule is O=C(/C=C/c1ccc(Cl)s1)NC(C(=O)O)C1CC1. The number of nitrogens with one attached hydrogen (secondary N) is 1. The van der Waals surface area contributed by atoms with E-state index in [1.165, 1.54) is 17.4 Å². The van der Waals surface area contributed by atoms with E-state index in [-0.39, 0.29) is 11.8 Å². The molecule has 1 amide bonds. The van der Waals surface area contributed by atoms with Crippen LogP contribution in [0.1, 0.15) is 17.7 Å². The molecule has 0 radical (unpaired) electrons. The first-order chi connectivity index (χ1) is 8.56. The number of thiophene rings is 1. The molecule has 0 bridgehead atoms. The topological polar surface area (TPSA) is 66.4 Å². The Morgan fingerprint density at radius 1 is 1.50 bits per heavy atom. The van der Waals surface area contributed by atoms with E-state index < -0.39 is 12.0 Å². The number of aliphatic carboxylic acids is 1. The third kappa shape index (κ3) is 3.58. The van der Waals surface area contributed by atoms with Crippen molar-refractivity contribution >= 4 is 40.9 Å². The van der Waals surface area contributed by atoms with Crippen LogP contribution in [0.5, 0.6) is 0 Å². The molecule has 1 fully saturated rings. The van der Waals surface area contributed by atoms with Gasteiger partial charge >= 0.3 is 5.97 Å². The Bertz CT molecular complexity index is 493. The van der Waals surface area contributed by atoms with Crippen molar-refractivity contribution in [2.75, 3.05) is 0 Å². The zero-order valence-corrected chi connectivity index (χ0v) is 11.0. The molecule has 1 heterocycles. The van der Waals surface area contributed by atoms with Gasteiger partial charge < -0.3 is 10.4 Å². The number of halogens is 1. The highest BCUT2D eigenvalue weighted by molar-refractivity contribution is 7.17. The summed E-state index contributed by atoms with van der Waals surface area (Å²) in [7, 11) is 0. The Kier molecular flexibility index (Phi) is 4.04. The third-order valence-corrected chi connectivity index (χ3v) is 3.85. The first-order valence-corrected chi connectivity index (χ1v) is 6.72. The molecule has 1 aliphatic carbocycles. The summed E-state index contributed by atoms with van der Waals surface area (Å²) in [6, 6.07) is 2.77. The quantitative estimate of drug-likeness (QED) is 0.817. The van der Waals surface area contributed by atoms with Crippen LogP contribution < -0.4 is 5.32 Å². The Labute approximate surface area is 113 Å². The minimum absolute atomic E-state index is 0.0797. The van der Waals surface area contributed by atoms with E-state index >= 15 is 0 Å². The maximum Gasteiger partial charge on any atom is 0.326 e. The average Bonchev–Trinajstić information content (AvgIpc) is 3.06. The molecule has 96 valence electrons. The van der Waals surface area contributed by atoms with Gasteiger partial charge in [0, 0.05) is 11.0 Å². The zero-order valence-electron chi connectivity index (χ0n) is 9.43. The van der Waals surface area contributed by atoms with Crippen molar-refractivity contribution in [2.24, 2.45) is 5.92 Å². The highest BCUT2D eigenvalue weighted by Crippen LogP contribution is 2.32. The molecule has 0 saturated heterocycles. The second-order valence-corrected chi connectivity index (χ2v) is 5.88. The normalized spacial score (nSPS) is 16.7. The van der Waals surface area contributed by atoms with E-state index in [1.807, 2.05) is 0 Å². The van der Waals surface area contributed by atoms with Gasteiger partial charge in [0.05, 0.1) is 4.34 Å². The lowest BCUT2D eigenvalue weighted by molar-refractivity contribution is -0.141. The van der Waals surface area contributed by atoms with E-state index in [4.69, 9.17) is 16.7 Å². The summed E-state index contributed by atoms with van der Waals surface area (Å²) in [5.41, 5.74) is 0. The molecule has 6 heteroatoms. The number of hydrogen-bond donors (Lipinski definition) is 2. The van der Waals surface area contributed by atoms with Crippen molar-refractivity contribution in [3.8, 4) is 0 Å². The molecule has 0 spiro atoms. The second-order valence-electron chi connectivity index (χ2n) is 4.14. The van der Waals surface area contributed by atoms with Crippen LogP contribution in [-0.2, 0) is 9.59 Å². The van der Waals surface area contributed by atoms with Crippen LogP contribution in [0.4, 0.5) is 0 Å². The highest BCUT2D eigenvalue weighted by atomic mass is 35.5. The summed E-state index contributed by atoms with van der Waals surface area (Å²) < 4.78 is 0.649. The Balaban J connectivity index is 1.91. The summed E-state index contributed by atoms with van der Waals surface area (Å²) >= 11 is 7.11. The fraction of sp³-hybridized carbons (Fsp3) is 0.333. The van der Waals surface area contributed by atoms with Gasteiger partial charge in [0.2, 0.25) is 5.91 Å². The van der Waals surface area contributed by atoms with E-state index in [0.717, 1.165) is 17.7 Å². The van der Waals surface area contributed by atoms with Crippen molar-refractivity contribution in [1.82, 2.24) is 5.32 Å². The summed E-state index contributed by atoms with van der Waals surface area (Å²) in [5.74, 6) is -1.28. The maximum atomic E-state index is 11.6.